The third kappa shape index (κ3) is 4.56. The van der Waals surface area contributed by atoms with E-state index in [4.69, 9.17) is 0 Å². The summed E-state index contributed by atoms with van der Waals surface area (Å²) in [5, 5.41) is 8.46. The fourth-order valence-corrected chi connectivity index (χ4v) is 2.04. The van der Waals surface area contributed by atoms with Gasteiger partial charge in [-0.1, -0.05) is 26.8 Å². The van der Waals surface area contributed by atoms with Crippen LogP contribution in [0.2, 0.25) is 0 Å². The molecule has 2 N–H and O–H groups in total. The van der Waals surface area contributed by atoms with Gasteiger partial charge in [-0.3, -0.25) is 0 Å². The van der Waals surface area contributed by atoms with E-state index in [0.717, 1.165) is 10.7 Å². The van der Waals surface area contributed by atoms with Gasteiger partial charge in [0, 0.05) is 17.3 Å². The number of urea groups is 1. The highest BCUT2D eigenvalue weighted by atomic mass is 32.1. The Morgan fingerprint density at radius 1 is 1.53 bits per heavy atom. The number of amides is 2. The fraction of sp³-hybridized carbons (Fsp3) is 0.500. The van der Waals surface area contributed by atoms with Crippen molar-refractivity contribution in [3.63, 3.8) is 0 Å². The molecule has 17 heavy (non-hydrogen) atoms. The topological polar surface area (TPSA) is 54.0 Å². The lowest BCUT2D eigenvalue weighted by Gasteiger charge is -2.13. The van der Waals surface area contributed by atoms with Crippen LogP contribution < -0.4 is 10.6 Å². The zero-order chi connectivity index (χ0) is 12.9. The Morgan fingerprint density at radius 3 is 2.76 bits per heavy atom. The van der Waals surface area contributed by atoms with Gasteiger partial charge in [-0.15, -0.1) is 17.9 Å². The lowest BCUT2D eigenvalue weighted by atomic mass is 9.98. The summed E-state index contributed by atoms with van der Waals surface area (Å²) >= 11 is 1.63. The second-order valence-electron chi connectivity index (χ2n) is 4.75. The number of carbonyl (C=O) groups is 1. The van der Waals surface area contributed by atoms with E-state index in [0.29, 0.717) is 13.1 Å². The van der Waals surface area contributed by atoms with Crippen molar-refractivity contribution >= 4 is 17.4 Å². The summed E-state index contributed by atoms with van der Waals surface area (Å²) in [6.07, 6.45) is 1.64. The number of nitrogens with zero attached hydrogens (tertiary/aromatic N) is 1. The van der Waals surface area contributed by atoms with Crippen LogP contribution in [0.5, 0.6) is 0 Å². The van der Waals surface area contributed by atoms with E-state index in [-0.39, 0.29) is 11.4 Å². The highest BCUT2D eigenvalue weighted by Gasteiger charge is 2.17. The van der Waals surface area contributed by atoms with Crippen LogP contribution in [0, 0.1) is 0 Å². The Kier molecular flexibility index (Phi) is 4.69. The van der Waals surface area contributed by atoms with E-state index in [2.05, 4.69) is 43.0 Å². The second-order valence-corrected chi connectivity index (χ2v) is 5.60. The molecule has 1 rings (SSSR count). The Hall–Kier alpha value is -1.36. The van der Waals surface area contributed by atoms with E-state index in [1.165, 1.54) is 0 Å². The van der Waals surface area contributed by atoms with Crippen LogP contribution in [0.4, 0.5) is 4.79 Å². The third-order valence-corrected chi connectivity index (χ3v) is 3.35. The van der Waals surface area contributed by atoms with Gasteiger partial charge in [0.2, 0.25) is 0 Å². The molecule has 0 aliphatic rings. The zero-order valence-corrected chi connectivity index (χ0v) is 11.4. The summed E-state index contributed by atoms with van der Waals surface area (Å²) < 4.78 is 0. The maximum atomic E-state index is 11.3. The van der Waals surface area contributed by atoms with Crippen LogP contribution in [0.15, 0.2) is 18.0 Å². The molecule has 0 saturated heterocycles. The van der Waals surface area contributed by atoms with Crippen molar-refractivity contribution in [1.29, 1.82) is 0 Å². The van der Waals surface area contributed by atoms with E-state index >= 15 is 0 Å². The van der Waals surface area contributed by atoms with Crippen molar-refractivity contribution in [2.24, 2.45) is 0 Å². The average Bonchev–Trinajstić information content (AvgIpc) is 2.71. The first-order chi connectivity index (χ1) is 7.93. The summed E-state index contributed by atoms with van der Waals surface area (Å²) in [6, 6.07) is -0.199. The van der Waals surface area contributed by atoms with Crippen LogP contribution in [-0.4, -0.2) is 17.6 Å². The van der Waals surface area contributed by atoms with Gasteiger partial charge in [0.15, 0.2) is 0 Å². The number of thiazole rings is 1. The number of rotatable bonds is 4. The summed E-state index contributed by atoms with van der Waals surface area (Å²) in [5.41, 5.74) is 0.960. The average molecular weight is 253 g/mol. The minimum absolute atomic E-state index is 0.0635. The molecule has 0 bridgehead atoms. The Labute approximate surface area is 106 Å². The Bertz CT molecular complexity index is 393. The van der Waals surface area contributed by atoms with Gasteiger partial charge < -0.3 is 10.6 Å². The monoisotopic (exact) mass is 253 g/mol. The maximum absolute atomic E-state index is 11.3. The fourth-order valence-electron chi connectivity index (χ4n) is 1.13. The SMILES string of the molecule is C=CCNC(=O)NCc1csc(C(C)(C)C)n1. The normalized spacial score (nSPS) is 11.0. The first kappa shape index (κ1) is 13.7. The summed E-state index contributed by atoms with van der Waals surface area (Å²) in [6.45, 7) is 10.8. The summed E-state index contributed by atoms with van der Waals surface area (Å²) in [7, 11) is 0. The van der Waals surface area contributed by atoms with Gasteiger partial charge in [-0.2, -0.15) is 0 Å². The van der Waals surface area contributed by atoms with E-state index in [1.807, 2.05) is 5.38 Å². The van der Waals surface area contributed by atoms with Crippen molar-refractivity contribution in [1.82, 2.24) is 15.6 Å². The molecular formula is C12H19N3OS. The van der Waals surface area contributed by atoms with Gasteiger partial charge in [0.1, 0.15) is 0 Å². The Balaban J connectivity index is 2.45. The van der Waals surface area contributed by atoms with Gasteiger partial charge in [0.25, 0.3) is 0 Å². The molecule has 0 atom stereocenters. The van der Waals surface area contributed by atoms with E-state index in [1.54, 1.807) is 17.4 Å². The number of hydrogen-bond acceptors (Lipinski definition) is 3. The highest BCUT2D eigenvalue weighted by molar-refractivity contribution is 7.09. The van der Waals surface area contributed by atoms with Gasteiger partial charge in [-0.25, -0.2) is 9.78 Å². The molecule has 5 heteroatoms. The third-order valence-electron chi connectivity index (χ3n) is 2.03. The molecule has 0 saturated carbocycles. The van der Waals surface area contributed by atoms with Crippen LogP contribution in [0.1, 0.15) is 31.5 Å². The molecule has 0 radical (unpaired) electrons. The highest BCUT2D eigenvalue weighted by Crippen LogP contribution is 2.25. The number of aromatic nitrogens is 1. The predicted octanol–water partition coefficient (Wildman–Crippen LogP) is 2.43. The van der Waals surface area contributed by atoms with Crippen molar-refractivity contribution < 1.29 is 4.79 Å². The van der Waals surface area contributed by atoms with Gasteiger partial charge >= 0.3 is 6.03 Å². The molecule has 0 fully saturated rings. The molecule has 94 valence electrons. The van der Waals surface area contributed by atoms with Crippen molar-refractivity contribution in [3.05, 3.63) is 28.7 Å². The summed E-state index contributed by atoms with van der Waals surface area (Å²) in [4.78, 5) is 15.8. The van der Waals surface area contributed by atoms with Gasteiger partial charge in [0.05, 0.1) is 17.2 Å². The van der Waals surface area contributed by atoms with E-state index in [9.17, 15) is 4.79 Å². The predicted molar refractivity (Wildman–Crippen MR) is 71.2 cm³/mol. The number of nitrogens with one attached hydrogen (secondary N) is 2. The van der Waals surface area contributed by atoms with Crippen LogP contribution in [-0.2, 0) is 12.0 Å². The standard InChI is InChI=1S/C12H19N3OS/c1-5-6-13-11(16)14-7-9-8-17-10(15-9)12(2,3)4/h5,8H,1,6-7H2,2-4H3,(H2,13,14,16). The zero-order valence-electron chi connectivity index (χ0n) is 10.5. The minimum Gasteiger partial charge on any atom is -0.335 e. The van der Waals surface area contributed by atoms with Crippen molar-refractivity contribution in [2.45, 2.75) is 32.7 Å². The van der Waals surface area contributed by atoms with Crippen molar-refractivity contribution in [2.75, 3.05) is 6.54 Å². The molecule has 4 nitrogen and oxygen atoms in total. The summed E-state index contributed by atoms with van der Waals surface area (Å²) in [5.74, 6) is 0. The molecule has 1 aromatic rings. The molecule has 0 aliphatic heterocycles. The molecular weight excluding hydrogens is 234 g/mol. The molecule has 0 unspecified atom stereocenters. The van der Waals surface area contributed by atoms with Crippen LogP contribution >= 0.6 is 11.3 Å². The second kappa shape index (κ2) is 5.82. The molecule has 0 aromatic carbocycles. The largest absolute Gasteiger partial charge is 0.335 e. The smallest absolute Gasteiger partial charge is 0.315 e. The van der Waals surface area contributed by atoms with Gasteiger partial charge in [-0.05, 0) is 0 Å². The van der Waals surface area contributed by atoms with Crippen molar-refractivity contribution in [3.8, 4) is 0 Å². The quantitative estimate of drug-likeness (QED) is 0.810. The lowest BCUT2D eigenvalue weighted by Crippen LogP contribution is -2.35. The van der Waals surface area contributed by atoms with Crippen LogP contribution in [0.25, 0.3) is 0 Å². The lowest BCUT2D eigenvalue weighted by molar-refractivity contribution is 0.241. The molecule has 0 spiro atoms. The molecule has 1 heterocycles. The molecule has 0 aliphatic carbocycles. The first-order valence-electron chi connectivity index (χ1n) is 5.51. The van der Waals surface area contributed by atoms with E-state index < -0.39 is 0 Å². The molecule has 1 aromatic heterocycles. The Morgan fingerprint density at radius 2 is 2.24 bits per heavy atom. The number of hydrogen-bond donors (Lipinski definition) is 2. The maximum Gasteiger partial charge on any atom is 0.315 e. The minimum atomic E-state index is -0.199. The number of carbonyl (C=O) groups excluding carboxylic acids is 1. The molecule has 2 amide bonds. The van der Waals surface area contributed by atoms with Crippen LogP contribution in [0.3, 0.4) is 0 Å². The first-order valence-corrected chi connectivity index (χ1v) is 6.39.